The van der Waals surface area contributed by atoms with Crippen molar-refractivity contribution in [3.8, 4) is 17.4 Å². The van der Waals surface area contributed by atoms with Crippen LogP contribution in [0.2, 0.25) is 0 Å². The maximum atomic E-state index is 13.0. The van der Waals surface area contributed by atoms with Crippen molar-refractivity contribution in [2.75, 3.05) is 19.6 Å². The average Bonchev–Trinajstić information content (AvgIpc) is 3.21. The summed E-state index contributed by atoms with van der Waals surface area (Å²) in [6, 6.07) is 12.1. The van der Waals surface area contributed by atoms with Crippen molar-refractivity contribution < 1.29 is 41.0 Å². The number of nitrogens with zero attached hydrogens (tertiary/aromatic N) is 3. The van der Waals surface area contributed by atoms with Crippen molar-refractivity contribution in [2.45, 2.75) is 26.1 Å². The van der Waals surface area contributed by atoms with E-state index in [9.17, 15) is 26.7 Å². The number of likely N-dealkylation sites (tertiary alicyclic amines) is 1. The minimum Gasteiger partial charge on any atom is -0.435 e. The largest absolute Gasteiger partial charge is 0.573 e. The van der Waals surface area contributed by atoms with Gasteiger partial charge < -0.3 is 19.1 Å². The number of benzene rings is 2. The fraction of sp³-hybridized carbons (Fsp3) is 0.385. The van der Waals surface area contributed by atoms with E-state index in [2.05, 4.69) is 19.4 Å². The molecule has 1 saturated carbocycles. The van der Waals surface area contributed by atoms with E-state index in [-0.39, 0.29) is 29.8 Å². The van der Waals surface area contributed by atoms with Crippen LogP contribution in [0.1, 0.15) is 11.1 Å². The topological polar surface area (TPSA) is 64.1 Å². The Morgan fingerprint density at radius 2 is 1.82 bits per heavy atom. The molecule has 0 N–H and O–H groups in total. The standard InChI is InChI=1S/C26H24F5N3O4S/c27-24(28)36-18-6-4-16(5-7-18)9-33-11-20-21(12-33)22(20)13-34(25(35)37-23-14-39-15-32-23)10-17-2-1-3-19(8-17)38-26(29,30)31/h1-8,14-15,20-22,24H,9-13H2. The van der Waals surface area contributed by atoms with Gasteiger partial charge in [-0.15, -0.1) is 24.5 Å². The molecule has 1 aliphatic carbocycles. The van der Waals surface area contributed by atoms with Gasteiger partial charge in [-0.2, -0.15) is 8.78 Å². The Morgan fingerprint density at radius 3 is 2.46 bits per heavy atom. The normalized spacial score (nSPS) is 20.5. The zero-order valence-electron chi connectivity index (χ0n) is 20.4. The predicted molar refractivity (Wildman–Crippen MR) is 130 cm³/mol. The van der Waals surface area contributed by atoms with Gasteiger partial charge in [0, 0.05) is 32.7 Å². The molecule has 1 aromatic heterocycles. The average molecular weight is 570 g/mol. The molecule has 7 nitrogen and oxygen atoms in total. The molecule has 2 atom stereocenters. The Kier molecular flexibility index (Phi) is 7.89. The number of fused-ring (bicyclic) bond motifs is 1. The zero-order valence-corrected chi connectivity index (χ0v) is 21.2. The van der Waals surface area contributed by atoms with Crippen molar-refractivity contribution in [1.29, 1.82) is 0 Å². The number of hydrogen-bond acceptors (Lipinski definition) is 7. The van der Waals surface area contributed by atoms with Gasteiger partial charge in [0.25, 0.3) is 0 Å². The van der Waals surface area contributed by atoms with E-state index >= 15 is 0 Å². The smallest absolute Gasteiger partial charge is 0.435 e. The number of carbonyl (C=O) groups is 1. The Bertz CT molecular complexity index is 1250. The second-order valence-electron chi connectivity index (χ2n) is 9.48. The molecule has 2 heterocycles. The lowest BCUT2D eigenvalue weighted by atomic mass is 10.1. The fourth-order valence-electron chi connectivity index (χ4n) is 5.10. The number of alkyl halides is 5. The Balaban J connectivity index is 1.19. The van der Waals surface area contributed by atoms with Gasteiger partial charge >= 0.3 is 19.1 Å². The Labute approximate surface area is 224 Å². The third-order valence-electron chi connectivity index (χ3n) is 6.80. The van der Waals surface area contributed by atoms with Crippen LogP contribution in [0.15, 0.2) is 59.4 Å². The molecule has 13 heteroatoms. The molecule has 2 aliphatic rings. The molecule has 39 heavy (non-hydrogen) atoms. The summed E-state index contributed by atoms with van der Waals surface area (Å²) in [6.07, 6.45) is -5.45. The summed E-state index contributed by atoms with van der Waals surface area (Å²) in [6.45, 7) is -0.144. The maximum absolute atomic E-state index is 13.0. The highest BCUT2D eigenvalue weighted by atomic mass is 32.1. The lowest BCUT2D eigenvalue weighted by molar-refractivity contribution is -0.274. The molecule has 2 unspecified atom stereocenters. The fourth-order valence-corrected chi connectivity index (χ4v) is 5.55. The number of rotatable bonds is 10. The molecule has 1 saturated heterocycles. The first-order valence-electron chi connectivity index (χ1n) is 12.1. The second-order valence-corrected chi connectivity index (χ2v) is 10.2. The molecule has 3 aromatic rings. The van der Waals surface area contributed by atoms with E-state index in [0.29, 0.717) is 30.5 Å². The third kappa shape index (κ3) is 7.35. The van der Waals surface area contributed by atoms with Crippen LogP contribution >= 0.6 is 11.3 Å². The Morgan fingerprint density at radius 1 is 1.08 bits per heavy atom. The summed E-state index contributed by atoms with van der Waals surface area (Å²) in [5.74, 6) is 0.859. The van der Waals surface area contributed by atoms with Gasteiger partial charge in [0.15, 0.2) is 0 Å². The first kappa shape index (κ1) is 27.1. The molecule has 5 rings (SSSR count). The number of thiazole rings is 1. The summed E-state index contributed by atoms with van der Waals surface area (Å²) >= 11 is 1.27. The van der Waals surface area contributed by atoms with Crippen LogP contribution in [-0.2, 0) is 13.1 Å². The summed E-state index contributed by atoms with van der Waals surface area (Å²) in [4.78, 5) is 20.7. The summed E-state index contributed by atoms with van der Waals surface area (Å²) < 4.78 is 76.5. The van der Waals surface area contributed by atoms with Crippen LogP contribution in [0, 0.1) is 17.8 Å². The van der Waals surface area contributed by atoms with Crippen LogP contribution in [0.25, 0.3) is 0 Å². The van der Waals surface area contributed by atoms with Crippen LogP contribution in [0.3, 0.4) is 0 Å². The van der Waals surface area contributed by atoms with Crippen molar-refractivity contribution in [2.24, 2.45) is 17.8 Å². The summed E-state index contributed by atoms with van der Waals surface area (Å²) in [5, 5.41) is 1.59. The SMILES string of the molecule is O=C(Oc1cscn1)N(Cc1cccc(OC(F)(F)F)c1)CC1C2CN(Cc3ccc(OC(F)F)cc3)CC21. The van der Waals surface area contributed by atoms with Crippen molar-refractivity contribution in [1.82, 2.24) is 14.8 Å². The molecular weight excluding hydrogens is 545 g/mol. The van der Waals surface area contributed by atoms with Crippen LogP contribution < -0.4 is 14.2 Å². The number of hydrogen-bond donors (Lipinski definition) is 0. The van der Waals surface area contributed by atoms with Gasteiger partial charge in [-0.1, -0.05) is 24.3 Å². The highest BCUT2D eigenvalue weighted by Gasteiger charge is 2.56. The van der Waals surface area contributed by atoms with E-state index in [1.54, 1.807) is 23.6 Å². The van der Waals surface area contributed by atoms with Gasteiger partial charge in [-0.3, -0.25) is 4.90 Å². The van der Waals surface area contributed by atoms with Gasteiger partial charge in [-0.25, -0.2) is 9.78 Å². The van der Waals surface area contributed by atoms with Crippen molar-refractivity contribution >= 4 is 17.4 Å². The van der Waals surface area contributed by atoms with Crippen LogP contribution in [0.4, 0.5) is 26.7 Å². The quantitative estimate of drug-likeness (QED) is 0.278. The number of amides is 1. The number of halogens is 5. The minimum absolute atomic E-state index is 0.0463. The predicted octanol–water partition coefficient (Wildman–Crippen LogP) is 6.02. The summed E-state index contributed by atoms with van der Waals surface area (Å²) in [5.41, 5.74) is 2.98. The molecule has 2 aromatic carbocycles. The van der Waals surface area contributed by atoms with Gasteiger partial charge in [0.2, 0.25) is 5.88 Å². The molecular formula is C26H24F5N3O4S. The lowest BCUT2D eigenvalue weighted by Crippen LogP contribution is -2.36. The molecule has 208 valence electrons. The number of piperidine rings is 1. The second kappa shape index (κ2) is 11.3. The van der Waals surface area contributed by atoms with E-state index in [4.69, 9.17) is 4.74 Å². The third-order valence-corrected chi connectivity index (χ3v) is 7.36. The zero-order chi connectivity index (χ0) is 27.6. The number of ether oxygens (including phenoxy) is 3. The van der Waals surface area contributed by atoms with Crippen molar-refractivity contribution in [3.05, 3.63) is 70.5 Å². The molecule has 1 aliphatic heterocycles. The molecule has 1 amide bonds. The molecule has 2 fully saturated rings. The highest BCUT2D eigenvalue weighted by Crippen LogP contribution is 2.52. The van der Waals surface area contributed by atoms with E-state index < -0.39 is 19.1 Å². The lowest BCUT2D eigenvalue weighted by Gasteiger charge is -2.25. The van der Waals surface area contributed by atoms with Crippen LogP contribution in [-0.4, -0.2) is 53.5 Å². The monoisotopic (exact) mass is 569 g/mol. The van der Waals surface area contributed by atoms with Gasteiger partial charge in [-0.05, 0) is 53.1 Å². The number of carbonyl (C=O) groups excluding carboxylic acids is 1. The number of aromatic nitrogens is 1. The summed E-state index contributed by atoms with van der Waals surface area (Å²) in [7, 11) is 0. The maximum Gasteiger partial charge on any atom is 0.573 e. The Hall–Kier alpha value is -3.45. The molecule has 0 bridgehead atoms. The van der Waals surface area contributed by atoms with Gasteiger partial charge in [0.05, 0.1) is 10.9 Å². The minimum atomic E-state index is -4.82. The van der Waals surface area contributed by atoms with Crippen molar-refractivity contribution in [3.63, 3.8) is 0 Å². The van der Waals surface area contributed by atoms with E-state index in [1.165, 1.54) is 52.1 Å². The molecule has 0 radical (unpaired) electrons. The first-order valence-corrected chi connectivity index (χ1v) is 13.0. The van der Waals surface area contributed by atoms with E-state index in [0.717, 1.165) is 18.7 Å². The molecule has 0 spiro atoms. The van der Waals surface area contributed by atoms with Crippen LogP contribution in [0.5, 0.6) is 17.4 Å². The first-order chi connectivity index (χ1) is 18.6. The van der Waals surface area contributed by atoms with Gasteiger partial charge in [0.1, 0.15) is 11.5 Å². The van der Waals surface area contributed by atoms with E-state index in [1.807, 2.05) is 0 Å². The highest BCUT2D eigenvalue weighted by molar-refractivity contribution is 7.07.